The maximum Gasteiger partial charge on any atom is 0.251 e. The number of alkyl halides is 1. The topological polar surface area (TPSA) is 66.5 Å². The highest BCUT2D eigenvalue weighted by atomic mass is 79.9. The van der Waals surface area contributed by atoms with Gasteiger partial charge in [-0.05, 0) is 55.3 Å². The Kier molecular flexibility index (Phi) is 6.64. The zero-order valence-electron chi connectivity index (χ0n) is 15.5. The van der Waals surface area contributed by atoms with E-state index in [0.717, 1.165) is 21.7 Å². The van der Waals surface area contributed by atoms with Crippen LogP contribution in [0, 0.1) is 5.82 Å². The highest BCUT2D eigenvalue weighted by Crippen LogP contribution is 2.28. The number of benzene rings is 2. The fourth-order valence-electron chi connectivity index (χ4n) is 2.48. The minimum Gasteiger partial charge on any atom is -0.346 e. The molecule has 0 aliphatic rings. The summed E-state index contributed by atoms with van der Waals surface area (Å²) < 4.78 is 37.9. The van der Waals surface area contributed by atoms with Gasteiger partial charge in [-0.1, -0.05) is 28.1 Å². The second kappa shape index (κ2) is 8.39. The van der Waals surface area contributed by atoms with Crippen LogP contribution in [0.1, 0.15) is 46.2 Å². The number of rotatable bonds is 6. The molecule has 5 nitrogen and oxygen atoms in total. The van der Waals surface area contributed by atoms with E-state index < -0.39 is 10.0 Å². The third kappa shape index (κ3) is 5.52. The average molecular weight is 457 g/mol. The minimum atomic E-state index is -3.46. The minimum absolute atomic E-state index is 0.0634. The number of carbonyl (C=O) groups excluding carboxylic acids is 1. The molecule has 0 radical (unpaired) electrons. The number of halogens is 2. The zero-order chi connectivity index (χ0) is 20.4. The van der Waals surface area contributed by atoms with E-state index in [1.807, 2.05) is 6.92 Å². The molecule has 27 heavy (non-hydrogen) atoms. The lowest BCUT2D eigenvalue weighted by molar-refractivity contribution is 0.0940. The first-order chi connectivity index (χ1) is 12.5. The van der Waals surface area contributed by atoms with E-state index in [1.165, 1.54) is 25.2 Å². The number of amides is 1. The second-order valence-corrected chi connectivity index (χ2v) is 9.79. The molecule has 0 aliphatic heterocycles. The summed E-state index contributed by atoms with van der Waals surface area (Å²) in [4.78, 5) is 12.7. The molecule has 1 unspecified atom stereocenters. The third-order valence-corrected chi connectivity index (χ3v) is 5.97. The van der Waals surface area contributed by atoms with Gasteiger partial charge >= 0.3 is 0 Å². The summed E-state index contributed by atoms with van der Waals surface area (Å²) in [7, 11) is -2.02. The average Bonchev–Trinajstić information content (AvgIpc) is 2.60. The van der Waals surface area contributed by atoms with Crippen LogP contribution in [0.25, 0.3) is 0 Å². The molecule has 0 spiro atoms. The van der Waals surface area contributed by atoms with Gasteiger partial charge in [-0.15, -0.1) is 0 Å². The second-order valence-electron chi connectivity index (χ2n) is 6.41. The number of hydrogen-bond donors (Lipinski definition) is 1. The summed E-state index contributed by atoms with van der Waals surface area (Å²) in [5.41, 5.74) is 2.30. The molecule has 0 aromatic heterocycles. The number of anilines is 1. The van der Waals surface area contributed by atoms with Crippen molar-refractivity contribution in [2.75, 3.05) is 17.6 Å². The Morgan fingerprint density at radius 1 is 1.11 bits per heavy atom. The first kappa shape index (κ1) is 21.4. The van der Waals surface area contributed by atoms with E-state index in [9.17, 15) is 17.6 Å². The van der Waals surface area contributed by atoms with Crippen molar-refractivity contribution in [2.45, 2.75) is 24.7 Å². The fraction of sp³-hybridized carbons (Fsp3) is 0.316. The van der Waals surface area contributed by atoms with Crippen LogP contribution >= 0.6 is 15.9 Å². The van der Waals surface area contributed by atoms with E-state index in [2.05, 4.69) is 21.2 Å². The molecule has 2 rings (SSSR count). The summed E-state index contributed by atoms with van der Waals surface area (Å²) in [5.74, 6) is -0.685. The molecule has 2 aromatic rings. The lowest BCUT2D eigenvalue weighted by Crippen LogP contribution is -2.28. The number of carbonyl (C=O) groups is 1. The van der Waals surface area contributed by atoms with Crippen molar-refractivity contribution in [3.05, 3.63) is 65.0 Å². The predicted molar refractivity (Wildman–Crippen MR) is 109 cm³/mol. The largest absolute Gasteiger partial charge is 0.346 e. The van der Waals surface area contributed by atoms with Crippen LogP contribution in [0.15, 0.2) is 42.5 Å². The molecule has 1 amide bonds. The van der Waals surface area contributed by atoms with Gasteiger partial charge in [0.1, 0.15) is 5.82 Å². The van der Waals surface area contributed by atoms with Crippen molar-refractivity contribution in [1.29, 1.82) is 0 Å². The molecule has 1 N–H and O–H groups in total. The monoisotopic (exact) mass is 456 g/mol. The van der Waals surface area contributed by atoms with E-state index in [1.54, 1.807) is 31.2 Å². The van der Waals surface area contributed by atoms with Crippen molar-refractivity contribution in [3.63, 3.8) is 0 Å². The Morgan fingerprint density at radius 3 is 2.22 bits per heavy atom. The van der Waals surface area contributed by atoms with Crippen LogP contribution in [-0.4, -0.2) is 27.6 Å². The molecular weight excluding hydrogens is 435 g/mol. The maximum absolute atomic E-state index is 13.1. The van der Waals surface area contributed by atoms with E-state index in [-0.39, 0.29) is 22.6 Å². The van der Waals surface area contributed by atoms with Crippen molar-refractivity contribution in [1.82, 2.24) is 5.32 Å². The van der Waals surface area contributed by atoms with Crippen LogP contribution in [0.2, 0.25) is 0 Å². The van der Waals surface area contributed by atoms with Gasteiger partial charge in [0.05, 0.1) is 18.0 Å². The summed E-state index contributed by atoms with van der Waals surface area (Å²) in [6.07, 6.45) is 1.10. The smallest absolute Gasteiger partial charge is 0.251 e. The summed E-state index contributed by atoms with van der Waals surface area (Å²) in [6.45, 7) is 3.69. The normalized spacial score (nSPS) is 13.7. The molecule has 0 aliphatic carbocycles. The highest BCUT2D eigenvalue weighted by molar-refractivity contribution is 9.09. The van der Waals surface area contributed by atoms with Gasteiger partial charge in [0.25, 0.3) is 5.91 Å². The molecule has 146 valence electrons. The van der Waals surface area contributed by atoms with Crippen molar-refractivity contribution in [3.8, 4) is 0 Å². The van der Waals surface area contributed by atoms with E-state index >= 15 is 0 Å². The van der Waals surface area contributed by atoms with Crippen molar-refractivity contribution >= 4 is 37.5 Å². The summed E-state index contributed by atoms with van der Waals surface area (Å²) >= 11 is 3.46. The Balaban J connectivity index is 2.34. The summed E-state index contributed by atoms with van der Waals surface area (Å²) in [6, 6.07) is 10.5. The number of sulfonamides is 1. The van der Waals surface area contributed by atoms with Gasteiger partial charge in [-0.25, -0.2) is 12.8 Å². The Bertz CT molecular complexity index is 930. The van der Waals surface area contributed by atoms with Crippen LogP contribution in [0.3, 0.4) is 0 Å². The first-order valence-corrected chi connectivity index (χ1v) is 11.0. The predicted octanol–water partition coefficient (Wildman–Crippen LogP) is 4.17. The number of hydrogen-bond acceptors (Lipinski definition) is 3. The first-order valence-electron chi connectivity index (χ1n) is 8.28. The van der Waals surface area contributed by atoms with Gasteiger partial charge in [0.15, 0.2) is 0 Å². The van der Waals surface area contributed by atoms with Gasteiger partial charge in [-0.3, -0.25) is 9.10 Å². The van der Waals surface area contributed by atoms with Crippen molar-refractivity contribution in [2.24, 2.45) is 0 Å². The molecule has 0 fully saturated rings. The maximum atomic E-state index is 13.1. The zero-order valence-corrected chi connectivity index (χ0v) is 17.9. The van der Waals surface area contributed by atoms with Crippen LogP contribution in [0.5, 0.6) is 0 Å². The Morgan fingerprint density at radius 2 is 1.70 bits per heavy atom. The Labute approximate surface area is 167 Å². The SMILES string of the molecule is CC(Br)c1cc(C(=O)N[C@H](C)c2ccc(F)cc2)cc(N(C)S(C)(=O)=O)c1. The van der Waals surface area contributed by atoms with Crippen LogP contribution in [-0.2, 0) is 10.0 Å². The van der Waals surface area contributed by atoms with Gasteiger partial charge in [0.2, 0.25) is 10.0 Å². The van der Waals surface area contributed by atoms with Gasteiger partial charge in [0, 0.05) is 17.4 Å². The molecule has 0 saturated carbocycles. The highest BCUT2D eigenvalue weighted by Gasteiger charge is 2.18. The number of nitrogens with one attached hydrogen (secondary N) is 1. The van der Waals surface area contributed by atoms with Crippen molar-refractivity contribution < 1.29 is 17.6 Å². The van der Waals surface area contributed by atoms with Gasteiger partial charge < -0.3 is 5.32 Å². The molecule has 0 heterocycles. The quantitative estimate of drug-likeness (QED) is 0.663. The molecule has 2 atom stereocenters. The molecule has 8 heteroatoms. The fourth-order valence-corrected chi connectivity index (χ4v) is 3.24. The standard InChI is InChI=1S/C19H22BrFN2O3S/c1-12(20)15-9-16(11-18(10-15)23(3)27(4,25)26)19(24)22-13(2)14-5-7-17(21)8-6-14/h5-13H,1-4H3,(H,22,24)/t12?,13-/m1/s1. The van der Waals surface area contributed by atoms with E-state index in [0.29, 0.717) is 11.3 Å². The molecule has 0 bridgehead atoms. The van der Waals surface area contributed by atoms with Gasteiger partial charge in [-0.2, -0.15) is 0 Å². The molecular formula is C19H22BrFN2O3S. The van der Waals surface area contributed by atoms with Crippen LogP contribution < -0.4 is 9.62 Å². The number of nitrogens with zero attached hydrogens (tertiary/aromatic N) is 1. The summed E-state index contributed by atoms with van der Waals surface area (Å²) in [5, 5.41) is 2.86. The lowest BCUT2D eigenvalue weighted by Gasteiger charge is -2.20. The molecule has 0 saturated heterocycles. The molecule has 2 aromatic carbocycles. The lowest BCUT2D eigenvalue weighted by atomic mass is 10.0. The Hall–Kier alpha value is -1.93. The van der Waals surface area contributed by atoms with E-state index in [4.69, 9.17) is 0 Å². The van der Waals surface area contributed by atoms with Crippen LogP contribution in [0.4, 0.5) is 10.1 Å². The third-order valence-electron chi connectivity index (χ3n) is 4.24.